The van der Waals surface area contributed by atoms with Crippen molar-refractivity contribution in [1.29, 1.82) is 0 Å². The number of imidazole rings is 1. The number of halogens is 1. The highest BCUT2D eigenvalue weighted by Gasteiger charge is 2.36. The molecule has 0 spiro atoms. The molecule has 112 valence electrons. The van der Waals surface area contributed by atoms with Gasteiger partial charge in [-0.1, -0.05) is 17.9 Å². The second-order valence-corrected chi connectivity index (χ2v) is 9.77. The molecule has 2 aromatic rings. The minimum absolute atomic E-state index is 0. The van der Waals surface area contributed by atoms with E-state index in [1.165, 1.54) is 16.8 Å². The lowest BCUT2D eigenvalue weighted by atomic mass is 10.5. The van der Waals surface area contributed by atoms with Crippen LogP contribution in [0.2, 0.25) is 0 Å². The van der Waals surface area contributed by atoms with E-state index >= 15 is 0 Å². The minimum atomic E-state index is -1.94. The molecule has 20 heavy (non-hydrogen) atoms. The van der Waals surface area contributed by atoms with Gasteiger partial charge in [0.2, 0.25) is 5.44 Å². The molecule has 0 amide bonds. The molecule has 0 fully saturated rings. The van der Waals surface area contributed by atoms with E-state index in [0.717, 1.165) is 0 Å². The van der Waals surface area contributed by atoms with Gasteiger partial charge in [0.25, 0.3) is 5.65 Å². The molecule has 0 N–H and O–H groups in total. The Morgan fingerprint density at radius 2 is 1.70 bits per heavy atom. The molecule has 2 rings (SSSR count). The zero-order valence-corrected chi connectivity index (χ0v) is 16.7. The van der Waals surface area contributed by atoms with Crippen molar-refractivity contribution in [2.24, 2.45) is 7.05 Å². The van der Waals surface area contributed by atoms with Crippen LogP contribution in [0.25, 0.3) is 5.65 Å². The molecule has 0 unspecified atom stereocenters. The summed E-state index contributed by atoms with van der Waals surface area (Å²) in [6.07, 6.45) is 0.167. The van der Waals surface area contributed by atoms with E-state index in [1.807, 2.05) is 0 Å². The van der Waals surface area contributed by atoms with Crippen LogP contribution in [0.1, 0.15) is 5.69 Å². The highest BCUT2D eigenvalue weighted by atomic mass is 127. The van der Waals surface area contributed by atoms with E-state index < -0.39 is 6.34 Å². The van der Waals surface area contributed by atoms with Crippen LogP contribution >= 0.6 is 6.34 Å². The van der Waals surface area contributed by atoms with Crippen molar-refractivity contribution in [3.63, 3.8) is 0 Å². The first-order chi connectivity index (χ1) is 8.81. The third-order valence-corrected chi connectivity index (χ3v) is 9.34. The van der Waals surface area contributed by atoms with E-state index in [-0.39, 0.29) is 24.0 Å². The minimum Gasteiger partial charge on any atom is -1.00 e. The Balaban J connectivity index is 0.00000200. The predicted molar refractivity (Wildman–Crippen MR) is 84.6 cm³/mol. The largest absolute Gasteiger partial charge is 1.00 e. The number of hydrogen-bond donors (Lipinski definition) is 0. The lowest BCUT2D eigenvalue weighted by Gasteiger charge is -2.32. The van der Waals surface area contributed by atoms with Crippen molar-refractivity contribution in [2.45, 2.75) is 6.92 Å². The number of nitrogens with zero attached hydrogens (tertiary/aromatic N) is 4. The van der Waals surface area contributed by atoms with E-state index in [2.05, 4.69) is 84.9 Å². The Hall–Kier alpha value is -0.0100. The first-order valence-corrected chi connectivity index (χ1v) is 8.94. The smallest absolute Gasteiger partial charge is 0.286 e. The summed E-state index contributed by atoms with van der Waals surface area (Å²) in [4.78, 5) is 0. The number of rotatable bonds is 3. The van der Waals surface area contributed by atoms with E-state index in [4.69, 9.17) is 11.8 Å². The SMILES string of the molecule is Cc1c(P(=S)(N(C)C)N(C)C)[n+]2ccccc2n1C.[I-]. The van der Waals surface area contributed by atoms with Crippen LogP contribution in [0.3, 0.4) is 0 Å². The average molecular weight is 424 g/mol. The molecule has 0 saturated heterocycles. The zero-order chi connectivity index (χ0) is 14.4. The Labute approximate surface area is 143 Å². The third-order valence-electron chi connectivity index (χ3n) is 3.60. The van der Waals surface area contributed by atoms with Gasteiger partial charge in [0.15, 0.2) is 5.69 Å². The summed E-state index contributed by atoms with van der Waals surface area (Å²) in [5.74, 6) is 0. The summed E-state index contributed by atoms with van der Waals surface area (Å²) in [7, 11) is 10.4. The van der Waals surface area contributed by atoms with Crippen molar-refractivity contribution >= 4 is 29.2 Å². The highest BCUT2D eigenvalue weighted by molar-refractivity contribution is 8.15. The van der Waals surface area contributed by atoms with Crippen LogP contribution in [0.4, 0.5) is 0 Å². The van der Waals surface area contributed by atoms with E-state index in [1.54, 1.807) is 0 Å². The van der Waals surface area contributed by atoms with Gasteiger partial charge in [-0.05, 0) is 34.3 Å². The number of pyridine rings is 1. The van der Waals surface area contributed by atoms with Gasteiger partial charge in [-0.25, -0.2) is 4.57 Å². The second kappa shape index (κ2) is 6.40. The quantitative estimate of drug-likeness (QED) is 0.327. The molecule has 2 heterocycles. The molecule has 0 aliphatic carbocycles. The van der Waals surface area contributed by atoms with Gasteiger partial charge in [-0.3, -0.25) is 9.34 Å². The summed E-state index contributed by atoms with van der Waals surface area (Å²) >= 11 is 6.07. The van der Waals surface area contributed by atoms with Crippen molar-refractivity contribution in [3.8, 4) is 0 Å². The van der Waals surface area contributed by atoms with Gasteiger partial charge in [-0.2, -0.15) is 4.40 Å². The summed E-state index contributed by atoms with van der Waals surface area (Å²) in [6.45, 7) is 2.15. The predicted octanol–water partition coefficient (Wildman–Crippen LogP) is -1.87. The number of aromatic nitrogens is 2. The van der Waals surface area contributed by atoms with Gasteiger partial charge in [0.05, 0.1) is 13.2 Å². The van der Waals surface area contributed by atoms with Crippen LogP contribution < -0.4 is 33.8 Å². The topological polar surface area (TPSA) is 15.5 Å². The Morgan fingerprint density at radius 3 is 2.20 bits per heavy atom. The normalized spacial score (nSPS) is 12.2. The maximum atomic E-state index is 6.07. The van der Waals surface area contributed by atoms with Gasteiger partial charge < -0.3 is 24.0 Å². The molecule has 0 aliphatic heterocycles. The monoisotopic (exact) mass is 424 g/mol. The first-order valence-electron chi connectivity index (χ1n) is 6.23. The molecule has 2 aromatic heterocycles. The molecule has 4 nitrogen and oxygen atoms in total. The molecule has 0 aliphatic rings. The van der Waals surface area contributed by atoms with Gasteiger partial charge in [0.1, 0.15) is 6.34 Å². The van der Waals surface area contributed by atoms with Crippen molar-refractivity contribution in [1.82, 2.24) is 13.9 Å². The Bertz CT molecular complexity index is 654. The summed E-state index contributed by atoms with van der Waals surface area (Å²) < 4.78 is 8.81. The summed E-state index contributed by atoms with van der Waals surface area (Å²) in [6, 6.07) is 6.25. The molecule has 0 radical (unpaired) electrons. The van der Waals surface area contributed by atoms with Crippen molar-refractivity contribution in [3.05, 3.63) is 30.1 Å². The fraction of sp³-hybridized carbons (Fsp3) is 0.462. The van der Waals surface area contributed by atoms with Crippen LogP contribution in [0.5, 0.6) is 0 Å². The van der Waals surface area contributed by atoms with Crippen molar-refractivity contribution in [2.75, 3.05) is 28.2 Å². The lowest BCUT2D eigenvalue weighted by molar-refractivity contribution is -0.491. The highest BCUT2D eigenvalue weighted by Crippen LogP contribution is 2.48. The fourth-order valence-corrected chi connectivity index (χ4v) is 5.63. The average Bonchev–Trinajstić information content (AvgIpc) is 2.61. The molecule has 0 atom stereocenters. The molecule has 7 heteroatoms. The van der Waals surface area contributed by atoms with Crippen LogP contribution in [-0.2, 0) is 18.9 Å². The Morgan fingerprint density at radius 1 is 1.15 bits per heavy atom. The van der Waals surface area contributed by atoms with Crippen LogP contribution in [-0.4, -0.2) is 42.1 Å². The van der Waals surface area contributed by atoms with Crippen LogP contribution in [0, 0.1) is 6.92 Å². The molecular weight excluding hydrogens is 402 g/mol. The van der Waals surface area contributed by atoms with Crippen LogP contribution in [0.15, 0.2) is 24.4 Å². The van der Waals surface area contributed by atoms with Gasteiger partial charge >= 0.3 is 0 Å². The van der Waals surface area contributed by atoms with E-state index in [0.29, 0.717) is 0 Å². The molecule has 0 aromatic carbocycles. The van der Waals surface area contributed by atoms with Crippen molar-refractivity contribution < 1.29 is 28.4 Å². The number of hydrogen-bond acceptors (Lipinski definition) is 1. The molecule has 0 bridgehead atoms. The molecular formula is C13H22IN4PS. The maximum absolute atomic E-state index is 6.07. The number of aryl methyl sites for hydroxylation is 1. The summed E-state index contributed by atoms with van der Waals surface area (Å²) in [5, 5.41) is 0. The lowest BCUT2D eigenvalue weighted by Crippen LogP contribution is -3.00. The maximum Gasteiger partial charge on any atom is 0.286 e. The first kappa shape index (κ1) is 18.0. The van der Waals surface area contributed by atoms with Gasteiger partial charge in [0, 0.05) is 13.0 Å². The standard InChI is InChI=1S/C13H22N4PS.HI/c1-11-13(18(19,14(2)3)15(4)5)17-10-8-7-9-12(17)16(11)6;/h7-10H,1-6H3;1H/q+1;/p-1. The zero-order valence-electron chi connectivity index (χ0n) is 12.8. The van der Waals surface area contributed by atoms with E-state index in [9.17, 15) is 0 Å². The number of fused-ring (bicyclic) bond motifs is 1. The fourth-order valence-electron chi connectivity index (χ4n) is 2.47. The van der Waals surface area contributed by atoms with Gasteiger partial charge in [-0.15, -0.1) is 0 Å². The molecule has 0 saturated carbocycles. The Kier molecular flexibility index (Phi) is 5.77. The second-order valence-electron chi connectivity index (χ2n) is 5.14. The summed E-state index contributed by atoms with van der Waals surface area (Å²) in [5.41, 5.74) is 3.64. The third kappa shape index (κ3) is 2.57.